The molecule has 0 bridgehead atoms. The van der Waals surface area contributed by atoms with Gasteiger partial charge in [0, 0.05) is 37.1 Å². The number of nitrogens with two attached hydrogens (primary N) is 1. The number of unbranched alkanes of at least 4 members (excludes halogenated alkanes) is 2. The van der Waals surface area contributed by atoms with Crippen LogP contribution in [-0.2, 0) is 20.9 Å². The Morgan fingerprint density at radius 3 is 2.12 bits per heavy atom. The van der Waals surface area contributed by atoms with Crippen molar-refractivity contribution in [3.05, 3.63) is 101 Å². The highest BCUT2D eigenvalue weighted by atomic mass is 16.6. The van der Waals surface area contributed by atoms with Crippen molar-refractivity contribution < 1.29 is 57.5 Å². The van der Waals surface area contributed by atoms with E-state index in [0.29, 0.717) is 85.1 Å². The van der Waals surface area contributed by atoms with Crippen molar-refractivity contribution in [2.45, 2.75) is 103 Å². The van der Waals surface area contributed by atoms with E-state index in [1.807, 2.05) is 50.4 Å². The molecule has 1 saturated carbocycles. The van der Waals surface area contributed by atoms with Crippen molar-refractivity contribution in [2.24, 2.45) is 17.1 Å². The van der Waals surface area contributed by atoms with Crippen LogP contribution in [0.15, 0.2) is 79.0 Å². The lowest BCUT2D eigenvalue weighted by atomic mass is 10.0. The molecule has 0 aromatic heterocycles. The molecule has 6 N–H and O–H groups in total. The summed E-state index contributed by atoms with van der Waals surface area (Å²) in [6.07, 6.45) is 4.81. The van der Waals surface area contributed by atoms with E-state index in [2.05, 4.69) is 16.0 Å². The van der Waals surface area contributed by atoms with Gasteiger partial charge in [0.1, 0.15) is 18.4 Å². The number of rotatable bonds is 19. The molecule has 1 aliphatic carbocycles. The summed E-state index contributed by atoms with van der Waals surface area (Å²) in [5.74, 6) is 0.943. The highest BCUT2D eigenvalue weighted by Crippen LogP contribution is 2.57. The number of nitrogens with zero attached hydrogens (tertiary/aromatic N) is 3. The van der Waals surface area contributed by atoms with Crippen LogP contribution in [0.2, 0.25) is 0 Å². The molecule has 0 radical (unpaired) electrons. The van der Waals surface area contributed by atoms with Crippen molar-refractivity contribution in [2.75, 3.05) is 63.2 Å². The second kappa shape index (κ2) is 22.1. The lowest BCUT2D eigenvalue weighted by Crippen LogP contribution is -2.50. The molecule has 19 heteroatoms. The van der Waals surface area contributed by atoms with Crippen molar-refractivity contribution in [3.8, 4) is 28.7 Å². The topological polar surface area (TPSA) is 233 Å². The van der Waals surface area contributed by atoms with Gasteiger partial charge in [-0.05, 0) is 116 Å². The van der Waals surface area contributed by atoms with E-state index in [-0.39, 0.29) is 59.4 Å². The molecule has 19 nitrogen and oxygen atoms in total. The summed E-state index contributed by atoms with van der Waals surface area (Å²) in [5.41, 5.74) is 10.5. The quantitative estimate of drug-likeness (QED) is 0.0601. The molecular weight excluding hydrogens is 963 g/mol. The number of fused-ring (bicyclic) bond motifs is 4. The average molecular weight is 1030 g/mol. The minimum absolute atomic E-state index is 0.0529. The third-order valence-corrected chi connectivity index (χ3v) is 14.9. The summed E-state index contributed by atoms with van der Waals surface area (Å²) in [6, 6.07) is 18.9. The maximum absolute atomic E-state index is 14.3. The Morgan fingerprint density at radius 2 is 1.48 bits per heavy atom. The van der Waals surface area contributed by atoms with Crippen LogP contribution in [0.1, 0.15) is 97.6 Å². The van der Waals surface area contributed by atoms with Gasteiger partial charge in [-0.3, -0.25) is 19.2 Å². The number of ether oxygens (including phenoxy) is 6. The fourth-order valence-electron chi connectivity index (χ4n) is 10.2. The van der Waals surface area contributed by atoms with E-state index in [9.17, 15) is 29.1 Å². The maximum Gasteiger partial charge on any atom is 0.416 e. The summed E-state index contributed by atoms with van der Waals surface area (Å²) in [4.78, 5) is 72.3. The molecule has 1 spiro atoms. The third kappa shape index (κ3) is 11.1. The Morgan fingerprint density at radius 1 is 0.813 bits per heavy atom. The van der Waals surface area contributed by atoms with E-state index in [0.717, 1.165) is 41.0 Å². The second-order valence-corrected chi connectivity index (χ2v) is 20.4. The van der Waals surface area contributed by atoms with Gasteiger partial charge in [-0.2, -0.15) is 0 Å². The standard InChI is InChI=1S/C56H67N7O12/c1-32(2)49(57)51(65)59-33(3)50(64)60-37-14-10-34(11-15-37)30-75-55(69)63-43-26-48(46(72-6)24-41(43)53(67)62-31-56(18-19-56)27-44(62)54(63)68)74-21-9-7-8-20-73-47-25-42-40(23-45(47)71-5)52(66)61-29-36(22-38(61)28-58-42)35-12-16-39(70-4)17-13-35/h10-17,23-26,29,32-33,38,44,49,54,58,68H,7-9,18-22,27-28,30-31,57H2,1-6H3,(H,59,65)(H,60,64)/t33?,38-,44-,49+,54?/m0/s1. The van der Waals surface area contributed by atoms with Gasteiger partial charge < -0.3 is 65.0 Å². The number of anilines is 3. The molecular formula is C56H67N7O12. The fraction of sp³-hybridized carbons (Fsp3) is 0.446. The van der Waals surface area contributed by atoms with E-state index in [4.69, 9.17) is 34.2 Å². The molecule has 5 atom stereocenters. The van der Waals surface area contributed by atoms with Crippen LogP contribution in [-0.4, -0.2) is 123 Å². The second-order valence-electron chi connectivity index (χ2n) is 20.4. The number of amides is 5. The minimum Gasteiger partial charge on any atom is -0.497 e. The Hall–Kier alpha value is -7.51. The molecule has 2 fully saturated rings. The number of carbonyl (C=O) groups is 5. The lowest BCUT2D eigenvalue weighted by Gasteiger charge is -2.31. The van der Waals surface area contributed by atoms with E-state index >= 15 is 0 Å². The number of carbonyl (C=O) groups excluding carboxylic acids is 5. The molecule has 9 rings (SSSR count). The van der Waals surface area contributed by atoms with Crippen LogP contribution in [0.3, 0.4) is 0 Å². The Kier molecular flexibility index (Phi) is 15.5. The summed E-state index contributed by atoms with van der Waals surface area (Å²) in [6.45, 7) is 6.71. The molecule has 5 aliphatic rings. The van der Waals surface area contributed by atoms with Crippen molar-refractivity contribution in [1.82, 2.24) is 15.1 Å². The summed E-state index contributed by atoms with van der Waals surface area (Å²) < 4.78 is 35.1. The van der Waals surface area contributed by atoms with Gasteiger partial charge in [0.05, 0.1) is 75.2 Å². The summed E-state index contributed by atoms with van der Waals surface area (Å²) in [7, 11) is 4.66. The highest BCUT2D eigenvalue weighted by molar-refractivity contribution is 6.06. The Bertz CT molecular complexity index is 2830. The van der Waals surface area contributed by atoms with Crippen molar-refractivity contribution in [1.29, 1.82) is 0 Å². The zero-order valence-electron chi connectivity index (χ0n) is 43.3. The molecule has 5 amide bonds. The first kappa shape index (κ1) is 52.4. The first-order chi connectivity index (χ1) is 36.1. The first-order valence-corrected chi connectivity index (χ1v) is 25.6. The van der Waals surface area contributed by atoms with Gasteiger partial charge in [-0.1, -0.05) is 38.1 Å². The lowest BCUT2D eigenvalue weighted by molar-refractivity contribution is -0.127. The van der Waals surface area contributed by atoms with Crippen molar-refractivity contribution in [3.63, 3.8) is 0 Å². The fourth-order valence-corrected chi connectivity index (χ4v) is 10.2. The molecule has 4 aliphatic heterocycles. The van der Waals surface area contributed by atoms with Gasteiger partial charge in [0.15, 0.2) is 29.2 Å². The summed E-state index contributed by atoms with van der Waals surface area (Å²) >= 11 is 0. The van der Waals surface area contributed by atoms with Crippen LogP contribution < -0.4 is 50.3 Å². The van der Waals surface area contributed by atoms with E-state index in [1.54, 1.807) is 73.4 Å². The average Bonchev–Trinajstić information content (AvgIpc) is 3.95. The Labute approximate surface area is 436 Å². The molecule has 75 heavy (non-hydrogen) atoms. The van der Waals surface area contributed by atoms with Crippen LogP contribution in [0, 0.1) is 11.3 Å². The van der Waals surface area contributed by atoms with E-state index in [1.165, 1.54) is 7.11 Å². The summed E-state index contributed by atoms with van der Waals surface area (Å²) in [5, 5.41) is 20.9. The van der Waals surface area contributed by atoms with Gasteiger partial charge in [0.2, 0.25) is 11.8 Å². The predicted octanol–water partition coefficient (Wildman–Crippen LogP) is 6.92. The monoisotopic (exact) mass is 1030 g/mol. The van der Waals surface area contributed by atoms with Crippen LogP contribution >= 0.6 is 0 Å². The van der Waals surface area contributed by atoms with Crippen LogP contribution in [0.5, 0.6) is 28.7 Å². The van der Waals surface area contributed by atoms with Gasteiger partial charge >= 0.3 is 6.09 Å². The zero-order chi connectivity index (χ0) is 53.1. The Balaban J connectivity index is 0.813. The molecule has 4 aromatic rings. The normalized spacial score (nSPS) is 19.8. The third-order valence-electron chi connectivity index (χ3n) is 14.9. The van der Waals surface area contributed by atoms with Crippen LogP contribution in [0.25, 0.3) is 5.57 Å². The predicted molar refractivity (Wildman–Crippen MR) is 280 cm³/mol. The highest BCUT2D eigenvalue weighted by Gasteiger charge is 2.58. The molecule has 1 saturated heterocycles. The molecule has 4 heterocycles. The minimum atomic E-state index is -1.41. The largest absolute Gasteiger partial charge is 0.497 e. The number of hydrogen-bond donors (Lipinski definition) is 5. The molecule has 2 unspecified atom stereocenters. The van der Waals surface area contributed by atoms with Crippen molar-refractivity contribution >= 4 is 52.4 Å². The number of nitrogens with one attached hydrogen (secondary N) is 3. The number of aliphatic hydroxyl groups is 1. The number of aliphatic hydroxyl groups excluding tert-OH is 1. The zero-order valence-corrected chi connectivity index (χ0v) is 43.3. The van der Waals surface area contributed by atoms with E-state index < -0.39 is 42.3 Å². The van der Waals surface area contributed by atoms with Crippen LogP contribution in [0.4, 0.5) is 21.9 Å². The first-order valence-electron chi connectivity index (χ1n) is 25.6. The number of hydrogen-bond acceptors (Lipinski definition) is 14. The number of methoxy groups -OCH3 is 3. The maximum atomic E-state index is 14.3. The van der Waals surface area contributed by atoms with Gasteiger partial charge in [-0.25, -0.2) is 9.69 Å². The smallest absolute Gasteiger partial charge is 0.416 e. The molecule has 4 aromatic carbocycles. The molecule has 398 valence electrons. The van der Waals surface area contributed by atoms with Gasteiger partial charge in [0.25, 0.3) is 11.8 Å². The number of benzene rings is 4. The SMILES string of the molecule is COc1ccc(C2=CN3C(=O)c4cc(OC)c(OCCCCCOc5cc6c(cc5OC)C(=O)N5CC7(CC7)C[C@H]5C(O)N6C(=O)OCc5ccc(NC(=O)C(C)NC(=O)[C@H](N)C(C)C)cc5)cc4NC[C@@H]3C2)cc1. The van der Waals surface area contributed by atoms with Gasteiger partial charge in [-0.15, -0.1) is 0 Å².